The SMILES string of the molecule is COc1ccccc1OCCC(=O)Nc1nc(-c2ccccc2Cl)cs1. The molecule has 0 atom stereocenters. The molecule has 0 aliphatic heterocycles. The van der Waals surface area contributed by atoms with E-state index in [1.54, 1.807) is 19.2 Å². The molecule has 1 aromatic heterocycles. The Bertz CT molecular complexity index is 898. The van der Waals surface area contributed by atoms with Crippen LogP contribution < -0.4 is 14.8 Å². The molecule has 0 fully saturated rings. The highest BCUT2D eigenvalue weighted by Gasteiger charge is 2.11. The second-order valence-corrected chi connectivity index (χ2v) is 6.58. The predicted molar refractivity (Wildman–Crippen MR) is 104 cm³/mol. The fraction of sp³-hybridized carbons (Fsp3) is 0.158. The first kappa shape index (κ1) is 18.2. The van der Waals surface area contributed by atoms with Gasteiger partial charge in [-0.3, -0.25) is 4.79 Å². The minimum atomic E-state index is -0.167. The molecule has 1 N–H and O–H groups in total. The molecule has 0 aliphatic rings. The first-order chi connectivity index (χ1) is 12.7. The molecule has 0 aliphatic carbocycles. The molecule has 0 saturated heterocycles. The van der Waals surface area contributed by atoms with Crippen molar-refractivity contribution in [2.75, 3.05) is 19.0 Å². The van der Waals surface area contributed by atoms with Gasteiger partial charge in [0.15, 0.2) is 16.6 Å². The third kappa shape index (κ3) is 4.53. The highest BCUT2D eigenvalue weighted by Crippen LogP contribution is 2.30. The summed E-state index contributed by atoms with van der Waals surface area (Å²) in [7, 11) is 1.58. The monoisotopic (exact) mass is 388 g/mol. The number of thiazole rings is 1. The molecule has 2 aromatic carbocycles. The summed E-state index contributed by atoms with van der Waals surface area (Å²) in [6.45, 7) is 0.245. The van der Waals surface area contributed by atoms with E-state index >= 15 is 0 Å². The van der Waals surface area contributed by atoms with Crippen LogP contribution >= 0.6 is 22.9 Å². The van der Waals surface area contributed by atoms with Crippen molar-refractivity contribution in [2.45, 2.75) is 6.42 Å². The lowest BCUT2D eigenvalue weighted by Gasteiger charge is -2.09. The quantitative estimate of drug-likeness (QED) is 0.626. The zero-order chi connectivity index (χ0) is 18.4. The summed E-state index contributed by atoms with van der Waals surface area (Å²) in [5.74, 6) is 1.08. The van der Waals surface area contributed by atoms with E-state index in [2.05, 4.69) is 10.3 Å². The van der Waals surface area contributed by atoms with Crippen molar-refractivity contribution < 1.29 is 14.3 Å². The van der Waals surface area contributed by atoms with Gasteiger partial charge in [0.25, 0.3) is 0 Å². The lowest BCUT2D eigenvalue weighted by Crippen LogP contribution is -2.15. The van der Waals surface area contributed by atoms with Gasteiger partial charge in [0.2, 0.25) is 5.91 Å². The van der Waals surface area contributed by atoms with Gasteiger partial charge < -0.3 is 14.8 Å². The smallest absolute Gasteiger partial charge is 0.229 e. The second-order valence-electron chi connectivity index (χ2n) is 5.32. The summed E-state index contributed by atoms with van der Waals surface area (Å²) < 4.78 is 10.8. The van der Waals surface area contributed by atoms with Crippen LogP contribution in [0.1, 0.15) is 6.42 Å². The molecular formula is C19H17ClN2O3S. The number of carbonyl (C=O) groups is 1. The maximum Gasteiger partial charge on any atom is 0.229 e. The Morgan fingerprint density at radius 1 is 1.15 bits per heavy atom. The average molecular weight is 389 g/mol. The number of carbonyl (C=O) groups excluding carboxylic acids is 1. The van der Waals surface area contributed by atoms with E-state index in [1.807, 2.05) is 41.8 Å². The summed E-state index contributed by atoms with van der Waals surface area (Å²) in [5.41, 5.74) is 1.58. The number of hydrogen-bond acceptors (Lipinski definition) is 5. The maximum absolute atomic E-state index is 12.1. The van der Waals surface area contributed by atoms with Crippen LogP contribution in [0.25, 0.3) is 11.3 Å². The van der Waals surface area contributed by atoms with Gasteiger partial charge in [0, 0.05) is 16.0 Å². The van der Waals surface area contributed by atoms with Crippen molar-refractivity contribution in [3.63, 3.8) is 0 Å². The molecule has 26 heavy (non-hydrogen) atoms. The number of amides is 1. The van der Waals surface area contributed by atoms with Crippen LogP contribution in [0.4, 0.5) is 5.13 Å². The molecule has 1 amide bonds. The molecule has 1 heterocycles. The molecular weight excluding hydrogens is 372 g/mol. The zero-order valence-electron chi connectivity index (χ0n) is 14.1. The fourth-order valence-electron chi connectivity index (χ4n) is 2.30. The molecule has 3 rings (SSSR count). The average Bonchev–Trinajstić information content (AvgIpc) is 3.10. The third-order valence-electron chi connectivity index (χ3n) is 3.56. The van der Waals surface area contributed by atoms with Crippen LogP contribution in [0.2, 0.25) is 5.02 Å². The topological polar surface area (TPSA) is 60.5 Å². The number of rotatable bonds is 7. The second kappa shape index (κ2) is 8.69. The number of para-hydroxylation sites is 2. The fourth-order valence-corrected chi connectivity index (χ4v) is 3.26. The lowest BCUT2D eigenvalue weighted by molar-refractivity contribution is -0.116. The Morgan fingerprint density at radius 2 is 1.88 bits per heavy atom. The van der Waals surface area contributed by atoms with Crippen LogP contribution in [0.3, 0.4) is 0 Å². The van der Waals surface area contributed by atoms with E-state index in [1.165, 1.54) is 11.3 Å². The number of benzene rings is 2. The molecule has 3 aromatic rings. The zero-order valence-corrected chi connectivity index (χ0v) is 15.6. The van der Waals surface area contributed by atoms with Crippen molar-refractivity contribution in [1.82, 2.24) is 4.98 Å². The van der Waals surface area contributed by atoms with Gasteiger partial charge in [-0.05, 0) is 18.2 Å². The molecule has 0 bridgehead atoms. The predicted octanol–water partition coefficient (Wildman–Crippen LogP) is 4.88. The van der Waals surface area contributed by atoms with Gasteiger partial charge in [-0.2, -0.15) is 0 Å². The highest BCUT2D eigenvalue weighted by atomic mass is 35.5. The maximum atomic E-state index is 12.1. The molecule has 134 valence electrons. The minimum Gasteiger partial charge on any atom is -0.493 e. The van der Waals surface area contributed by atoms with Crippen LogP contribution in [0, 0.1) is 0 Å². The van der Waals surface area contributed by atoms with Gasteiger partial charge in [0.05, 0.1) is 25.8 Å². The van der Waals surface area contributed by atoms with Crippen LogP contribution in [-0.2, 0) is 4.79 Å². The van der Waals surface area contributed by atoms with Gasteiger partial charge in [-0.1, -0.05) is 41.9 Å². The van der Waals surface area contributed by atoms with E-state index in [0.717, 1.165) is 11.3 Å². The van der Waals surface area contributed by atoms with Gasteiger partial charge >= 0.3 is 0 Å². The summed E-state index contributed by atoms with van der Waals surface area (Å²) in [6, 6.07) is 14.8. The standard InChI is InChI=1S/C19H17ClN2O3S/c1-24-16-8-4-5-9-17(16)25-11-10-18(23)22-19-21-15(12-26-19)13-6-2-3-7-14(13)20/h2-9,12H,10-11H2,1H3,(H,21,22,23). The number of halogens is 1. The Balaban J connectivity index is 1.53. The van der Waals surface area contributed by atoms with Gasteiger partial charge in [-0.25, -0.2) is 4.98 Å². The van der Waals surface area contributed by atoms with Gasteiger partial charge in [-0.15, -0.1) is 11.3 Å². The van der Waals surface area contributed by atoms with Crippen molar-refractivity contribution in [3.05, 3.63) is 58.9 Å². The number of nitrogens with one attached hydrogen (secondary N) is 1. The van der Waals surface area contributed by atoms with E-state index in [0.29, 0.717) is 21.7 Å². The molecule has 0 unspecified atom stereocenters. The first-order valence-electron chi connectivity index (χ1n) is 7.93. The number of methoxy groups -OCH3 is 1. The Labute approximate surface area is 160 Å². The van der Waals surface area contributed by atoms with E-state index in [9.17, 15) is 4.79 Å². The summed E-state index contributed by atoms with van der Waals surface area (Å²) in [6.07, 6.45) is 0.207. The van der Waals surface area contributed by atoms with Crippen LogP contribution in [-0.4, -0.2) is 24.6 Å². The molecule has 7 heteroatoms. The molecule has 5 nitrogen and oxygen atoms in total. The largest absolute Gasteiger partial charge is 0.493 e. The molecule has 0 radical (unpaired) electrons. The Kier molecular flexibility index (Phi) is 6.09. The number of anilines is 1. The van der Waals surface area contributed by atoms with Gasteiger partial charge in [0.1, 0.15) is 0 Å². The van der Waals surface area contributed by atoms with Crippen molar-refractivity contribution in [3.8, 4) is 22.8 Å². The molecule has 0 saturated carbocycles. The van der Waals surface area contributed by atoms with Crippen molar-refractivity contribution in [2.24, 2.45) is 0 Å². The van der Waals surface area contributed by atoms with Crippen LogP contribution in [0.5, 0.6) is 11.5 Å². The number of hydrogen-bond donors (Lipinski definition) is 1. The summed E-state index contributed by atoms with van der Waals surface area (Å²) >= 11 is 7.53. The van der Waals surface area contributed by atoms with Crippen LogP contribution in [0.15, 0.2) is 53.9 Å². The summed E-state index contributed by atoms with van der Waals surface area (Å²) in [5, 5.41) is 5.80. The minimum absolute atomic E-state index is 0.167. The third-order valence-corrected chi connectivity index (χ3v) is 4.64. The van der Waals surface area contributed by atoms with E-state index in [-0.39, 0.29) is 18.9 Å². The Hall–Kier alpha value is -2.57. The molecule has 0 spiro atoms. The number of nitrogens with zero attached hydrogens (tertiary/aromatic N) is 1. The number of ether oxygens (including phenoxy) is 2. The normalized spacial score (nSPS) is 10.4. The Morgan fingerprint density at radius 3 is 2.65 bits per heavy atom. The number of aromatic nitrogens is 1. The summed E-state index contributed by atoms with van der Waals surface area (Å²) in [4.78, 5) is 16.5. The van der Waals surface area contributed by atoms with E-state index in [4.69, 9.17) is 21.1 Å². The first-order valence-corrected chi connectivity index (χ1v) is 9.19. The van der Waals surface area contributed by atoms with E-state index < -0.39 is 0 Å². The highest BCUT2D eigenvalue weighted by molar-refractivity contribution is 7.14. The lowest BCUT2D eigenvalue weighted by atomic mass is 10.2. The van der Waals surface area contributed by atoms with Crippen molar-refractivity contribution >= 4 is 34.0 Å². The van der Waals surface area contributed by atoms with Crippen molar-refractivity contribution in [1.29, 1.82) is 0 Å².